The van der Waals surface area contributed by atoms with E-state index in [1.165, 1.54) is 0 Å². The minimum absolute atomic E-state index is 0.0404. The van der Waals surface area contributed by atoms with E-state index in [0.29, 0.717) is 0 Å². The van der Waals surface area contributed by atoms with E-state index in [0.717, 1.165) is 0 Å². The van der Waals surface area contributed by atoms with Crippen molar-refractivity contribution in [3.63, 3.8) is 0 Å². The molecule has 72 valence electrons. The lowest BCUT2D eigenvalue weighted by molar-refractivity contribution is -0.137. The van der Waals surface area contributed by atoms with Crippen molar-refractivity contribution < 1.29 is 19.5 Å². The van der Waals surface area contributed by atoms with Gasteiger partial charge in [0.2, 0.25) is 0 Å². The molecule has 0 heterocycles. The summed E-state index contributed by atoms with van der Waals surface area (Å²) in [7, 11) is 0. The van der Waals surface area contributed by atoms with E-state index in [1.54, 1.807) is 20.8 Å². The molecule has 0 atom stereocenters. The van der Waals surface area contributed by atoms with E-state index in [2.05, 4.69) is 4.79 Å². The van der Waals surface area contributed by atoms with Crippen LogP contribution in [0.4, 0.5) is 0 Å². The summed E-state index contributed by atoms with van der Waals surface area (Å²) in [6, 6.07) is 0. The summed E-state index contributed by atoms with van der Waals surface area (Å²) in [4.78, 5) is 23.9. The van der Waals surface area contributed by atoms with Gasteiger partial charge in [-0.3, -0.25) is 4.79 Å². The maximum absolute atomic E-state index is 11.2. The molecule has 0 radical (unpaired) electrons. The van der Waals surface area contributed by atoms with Crippen molar-refractivity contribution in [1.29, 1.82) is 0 Å². The second-order valence-corrected chi connectivity index (χ2v) is 3.91. The third kappa shape index (κ3) is 4.18. The lowest BCUT2D eigenvalue weighted by Crippen LogP contribution is -2.28. The molecule has 0 aromatic heterocycles. The van der Waals surface area contributed by atoms with Gasteiger partial charge in [-0.15, -0.1) is 0 Å². The minimum Gasteiger partial charge on any atom is -0.472 e. The standard InChI is InChI=1S/C8H12N2O3/c1-8(2,3)4-5(11)6(10-9)7(12)13/h4H2,1-3H3,(H,12,13). The Balaban J connectivity index is 4.62. The van der Waals surface area contributed by atoms with E-state index in [1.807, 2.05) is 0 Å². The maximum Gasteiger partial charge on any atom is 0.441 e. The number of hydrogen-bond donors (Lipinski definition) is 1. The minimum atomic E-state index is -1.50. The van der Waals surface area contributed by atoms with E-state index in [-0.39, 0.29) is 11.8 Å². The van der Waals surface area contributed by atoms with Crippen molar-refractivity contribution in [2.75, 3.05) is 0 Å². The fourth-order valence-corrected chi connectivity index (χ4v) is 0.783. The van der Waals surface area contributed by atoms with Crippen LogP contribution in [-0.2, 0) is 9.59 Å². The van der Waals surface area contributed by atoms with Crippen LogP contribution in [0.5, 0.6) is 0 Å². The Morgan fingerprint density at radius 2 is 1.85 bits per heavy atom. The smallest absolute Gasteiger partial charge is 0.441 e. The molecular weight excluding hydrogens is 172 g/mol. The number of carboxylic acid groups (broad SMARTS) is 1. The number of nitrogens with zero attached hydrogens (tertiary/aromatic N) is 2. The van der Waals surface area contributed by atoms with Crippen LogP contribution >= 0.6 is 0 Å². The van der Waals surface area contributed by atoms with E-state index >= 15 is 0 Å². The molecular formula is C8H12N2O3. The number of Topliss-reactive ketones (excluding diaryl/α,β-unsaturated/α-hetero) is 1. The number of carboxylic acids is 1. The first-order valence-corrected chi connectivity index (χ1v) is 3.76. The van der Waals surface area contributed by atoms with Crippen molar-refractivity contribution in [3.8, 4) is 0 Å². The Kier molecular flexibility index (Phi) is 3.51. The highest BCUT2D eigenvalue weighted by Crippen LogP contribution is 2.18. The molecule has 0 spiro atoms. The van der Waals surface area contributed by atoms with Crippen molar-refractivity contribution in [2.24, 2.45) is 5.41 Å². The van der Waals surface area contributed by atoms with Gasteiger partial charge in [0.15, 0.2) is 0 Å². The third-order valence-electron chi connectivity index (χ3n) is 1.26. The van der Waals surface area contributed by atoms with Gasteiger partial charge in [0, 0.05) is 6.42 Å². The quantitative estimate of drug-likeness (QED) is 0.303. The molecule has 0 amide bonds. The summed E-state index contributed by atoms with van der Waals surface area (Å²) in [6.45, 7) is 5.38. The first kappa shape index (κ1) is 11.5. The average Bonchev–Trinajstić information content (AvgIpc) is 1.82. The van der Waals surface area contributed by atoms with Gasteiger partial charge in [0.05, 0.1) is 0 Å². The van der Waals surface area contributed by atoms with Gasteiger partial charge in [-0.05, 0) is 5.41 Å². The molecule has 5 heteroatoms. The highest BCUT2D eigenvalue weighted by atomic mass is 16.4. The van der Waals surface area contributed by atoms with Crippen LogP contribution in [0.3, 0.4) is 0 Å². The molecule has 5 nitrogen and oxygen atoms in total. The monoisotopic (exact) mass is 184 g/mol. The topological polar surface area (TPSA) is 90.8 Å². The predicted octanol–water partition coefficient (Wildman–Crippen LogP) is 0.747. The average molecular weight is 184 g/mol. The van der Waals surface area contributed by atoms with E-state index in [4.69, 9.17) is 10.6 Å². The van der Waals surface area contributed by atoms with Gasteiger partial charge in [-0.1, -0.05) is 20.8 Å². The summed E-state index contributed by atoms with van der Waals surface area (Å²) in [5.41, 5.74) is 7.12. The van der Waals surface area contributed by atoms with E-state index < -0.39 is 17.5 Å². The van der Waals surface area contributed by atoms with E-state index in [9.17, 15) is 9.59 Å². The largest absolute Gasteiger partial charge is 0.472 e. The molecule has 0 bridgehead atoms. The number of ketones is 1. The fourth-order valence-electron chi connectivity index (χ4n) is 0.783. The highest BCUT2D eigenvalue weighted by Gasteiger charge is 2.31. The van der Waals surface area contributed by atoms with Crippen LogP contribution in [0.15, 0.2) is 0 Å². The summed E-state index contributed by atoms with van der Waals surface area (Å²) >= 11 is 0. The van der Waals surface area contributed by atoms with Gasteiger partial charge >= 0.3 is 11.7 Å². The molecule has 0 unspecified atom stereocenters. The van der Waals surface area contributed by atoms with Crippen molar-refractivity contribution in [1.82, 2.24) is 0 Å². The second kappa shape index (κ2) is 3.96. The van der Waals surface area contributed by atoms with Crippen LogP contribution < -0.4 is 0 Å². The van der Waals surface area contributed by atoms with Crippen molar-refractivity contribution in [3.05, 3.63) is 5.53 Å². The zero-order valence-corrected chi connectivity index (χ0v) is 7.87. The summed E-state index contributed by atoms with van der Waals surface area (Å²) in [5.74, 6) is -2.17. The van der Waals surface area contributed by atoms with Gasteiger partial charge in [0.25, 0.3) is 5.78 Å². The molecule has 0 aliphatic carbocycles. The number of carbonyl (C=O) groups is 2. The molecule has 0 rings (SSSR count). The Bertz CT molecular complexity index is 282. The Morgan fingerprint density at radius 1 is 1.38 bits per heavy atom. The summed E-state index contributed by atoms with van der Waals surface area (Å²) < 4.78 is 0. The highest BCUT2D eigenvalue weighted by molar-refractivity contribution is 6.61. The van der Waals surface area contributed by atoms with Crippen LogP contribution in [0, 0.1) is 5.41 Å². The SMILES string of the molecule is CC(C)(C)CC(=O)C(=[N+]=[N-])C(=O)O. The summed E-state index contributed by atoms with van der Waals surface area (Å²) in [6.07, 6.45) is 0.0404. The fraction of sp³-hybridized carbons (Fsp3) is 0.625. The van der Waals surface area contributed by atoms with Gasteiger partial charge in [0.1, 0.15) is 0 Å². The zero-order valence-electron chi connectivity index (χ0n) is 7.87. The molecule has 0 aromatic rings. The second-order valence-electron chi connectivity index (χ2n) is 3.91. The first-order valence-electron chi connectivity index (χ1n) is 3.76. The number of hydrogen-bond acceptors (Lipinski definition) is 2. The van der Waals surface area contributed by atoms with Crippen LogP contribution in [0.1, 0.15) is 27.2 Å². The van der Waals surface area contributed by atoms with Gasteiger partial charge < -0.3 is 10.6 Å². The van der Waals surface area contributed by atoms with Crippen molar-refractivity contribution in [2.45, 2.75) is 27.2 Å². The van der Waals surface area contributed by atoms with Crippen LogP contribution in [-0.4, -0.2) is 27.4 Å². The van der Waals surface area contributed by atoms with Gasteiger partial charge in [-0.2, -0.15) is 4.79 Å². The zero-order chi connectivity index (χ0) is 10.6. The third-order valence-corrected chi connectivity index (χ3v) is 1.26. The predicted molar refractivity (Wildman–Crippen MR) is 45.3 cm³/mol. The van der Waals surface area contributed by atoms with Crippen LogP contribution in [0.2, 0.25) is 0 Å². The normalized spacial score (nSPS) is 10.4. The first-order chi connectivity index (χ1) is 5.78. The molecule has 0 fully saturated rings. The van der Waals surface area contributed by atoms with Gasteiger partial charge in [-0.25, -0.2) is 4.79 Å². The number of rotatable bonds is 3. The molecule has 0 aliphatic rings. The number of carbonyl (C=O) groups excluding carboxylic acids is 1. The molecule has 13 heavy (non-hydrogen) atoms. The van der Waals surface area contributed by atoms with Crippen molar-refractivity contribution >= 4 is 17.5 Å². The Morgan fingerprint density at radius 3 is 2.08 bits per heavy atom. The maximum atomic E-state index is 11.2. The molecule has 0 saturated carbocycles. The summed E-state index contributed by atoms with van der Waals surface area (Å²) in [5, 5.41) is 8.43. The Hall–Kier alpha value is -1.48. The van der Waals surface area contributed by atoms with Crippen LogP contribution in [0.25, 0.3) is 5.53 Å². The molecule has 0 saturated heterocycles. The lowest BCUT2D eigenvalue weighted by Gasteiger charge is -2.14. The lowest BCUT2D eigenvalue weighted by atomic mass is 9.89. The number of aliphatic carboxylic acids is 1. The molecule has 0 aromatic carbocycles. The molecule has 0 aliphatic heterocycles. The Labute approximate surface area is 76.0 Å². The molecule has 1 N–H and O–H groups in total.